The van der Waals surface area contributed by atoms with Gasteiger partial charge in [0.15, 0.2) is 0 Å². The largest absolute Gasteiger partial charge is 0.396 e. The van der Waals surface area contributed by atoms with E-state index in [1.165, 1.54) is 5.56 Å². The summed E-state index contributed by atoms with van der Waals surface area (Å²) in [4.78, 5) is 0. The summed E-state index contributed by atoms with van der Waals surface area (Å²) in [5, 5.41) is 8.72. The number of aliphatic hydroxyl groups is 1. The van der Waals surface area contributed by atoms with Gasteiger partial charge in [0.25, 0.3) is 0 Å². The Bertz CT molecular complexity index is 301. The zero-order valence-electron chi connectivity index (χ0n) is 8.33. The Morgan fingerprint density at radius 3 is 2.86 bits per heavy atom. The molecule has 0 aliphatic rings. The molecule has 14 heavy (non-hydrogen) atoms. The standard InChI is InChI=1S/C11H16BrNO/c1-8-4-5-9(12)7-10(8)11(13)3-2-6-14/h4-5,7,11,14H,2-3,6,13H2,1H3. The molecule has 3 N–H and O–H groups in total. The third kappa shape index (κ3) is 3.08. The molecule has 0 saturated heterocycles. The van der Waals surface area contributed by atoms with E-state index in [-0.39, 0.29) is 12.6 Å². The second-order valence-corrected chi connectivity index (χ2v) is 4.39. The average Bonchev–Trinajstić information content (AvgIpc) is 2.18. The van der Waals surface area contributed by atoms with Crippen molar-refractivity contribution in [3.05, 3.63) is 33.8 Å². The van der Waals surface area contributed by atoms with Crippen molar-refractivity contribution in [3.63, 3.8) is 0 Å². The van der Waals surface area contributed by atoms with Gasteiger partial charge in [0.05, 0.1) is 0 Å². The molecule has 0 aromatic heterocycles. The van der Waals surface area contributed by atoms with Crippen LogP contribution in [-0.2, 0) is 0 Å². The summed E-state index contributed by atoms with van der Waals surface area (Å²) < 4.78 is 1.05. The molecule has 78 valence electrons. The van der Waals surface area contributed by atoms with Crippen molar-refractivity contribution < 1.29 is 5.11 Å². The fourth-order valence-corrected chi connectivity index (χ4v) is 1.86. The van der Waals surface area contributed by atoms with Crippen molar-refractivity contribution in [2.75, 3.05) is 6.61 Å². The second kappa shape index (κ2) is 5.49. The number of aryl methyl sites for hydroxylation is 1. The number of hydrogen-bond donors (Lipinski definition) is 2. The lowest BCUT2D eigenvalue weighted by Crippen LogP contribution is -2.12. The van der Waals surface area contributed by atoms with Gasteiger partial charge in [0.2, 0.25) is 0 Å². The smallest absolute Gasteiger partial charge is 0.0431 e. The van der Waals surface area contributed by atoms with Crippen LogP contribution in [0.5, 0.6) is 0 Å². The molecule has 0 bridgehead atoms. The fraction of sp³-hybridized carbons (Fsp3) is 0.455. The molecule has 2 nitrogen and oxygen atoms in total. The van der Waals surface area contributed by atoms with E-state index in [0.717, 1.165) is 22.9 Å². The van der Waals surface area contributed by atoms with Gasteiger partial charge in [-0.25, -0.2) is 0 Å². The van der Waals surface area contributed by atoms with Crippen LogP contribution in [0.4, 0.5) is 0 Å². The van der Waals surface area contributed by atoms with Crippen LogP contribution in [0.2, 0.25) is 0 Å². The van der Waals surface area contributed by atoms with Crippen LogP contribution in [0, 0.1) is 6.92 Å². The highest BCUT2D eigenvalue weighted by atomic mass is 79.9. The van der Waals surface area contributed by atoms with Crippen LogP contribution in [0.25, 0.3) is 0 Å². The van der Waals surface area contributed by atoms with E-state index in [4.69, 9.17) is 10.8 Å². The lowest BCUT2D eigenvalue weighted by atomic mass is 9.99. The minimum atomic E-state index is 0.0275. The summed E-state index contributed by atoms with van der Waals surface area (Å²) in [5.41, 5.74) is 8.39. The third-order valence-electron chi connectivity index (χ3n) is 2.31. The summed E-state index contributed by atoms with van der Waals surface area (Å²) in [5.74, 6) is 0. The first-order valence-electron chi connectivity index (χ1n) is 4.77. The van der Waals surface area contributed by atoms with Crippen LogP contribution in [-0.4, -0.2) is 11.7 Å². The minimum Gasteiger partial charge on any atom is -0.396 e. The Morgan fingerprint density at radius 2 is 2.21 bits per heavy atom. The molecular weight excluding hydrogens is 242 g/mol. The zero-order chi connectivity index (χ0) is 10.6. The van der Waals surface area contributed by atoms with Gasteiger partial charge in [-0.05, 0) is 43.0 Å². The Labute approximate surface area is 93.3 Å². The highest BCUT2D eigenvalue weighted by Gasteiger charge is 2.08. The van der Waals surface area contributed by atoms with Crippen molar-refractivity contribution in [3.8, 4) is 0 Å². The Morgan fingerprint density at radius 1 is 1.50 bits per heavy atom. The summed E-state index contributed by atoms with van der Waals surface area (Å²) in [6, 6.07) is 6.15. The molecule has 0 saturated carbocycles. The maximum absolute atomic E-state index is 8.72. The van der Waals surface area contributed by atoms with E-state index in [0.29, 0.717) is 0 Å². The fourth-order valence-electron chi connectivity index (χ4n) is 1.48. The van der Waals surface area contributed by atoms with E-state index in [1.54, 1.807) is 0 Å². The van der Waals surface area contributed by atoms with E-state index in [1.807, 2.05) is 6.07 Å². The quantitative estimate of drug-likeness (QED) is 0.871. The maximum Gasteiger partial charge on any atom is 0.0431 e. The maximum atomic E-state index is 8.72. The van der Waals surface area contributed by atoms with Gasteiger partial charge in [-0.15, -0.1) is 0 Å². The van der Waals surface area contributed by atoms with E-state index in [2.05, 4.69) is 35.0 Å². The molecule has 0 aliphatic heterocycles. The molecular formula is C11H16BrNO. The molecule has 1 rings (SSSR count). The van der Waals surface area contributed by atoms with Crippen LogP contribution < -0.4 is 5.73 Å². The molecule has 0 spiro atoms. The van der Waals surface area contributed by atoms with Crippen LogP contribution in [0.1, 0.15) is 30.0 Å². The zero-order valence-corrected chi connectivity index (χ0v) is 9.92. The predicted molar refractivity (Wildman–Crippen MR) is 62.1 cm³/mol. The Kier molecular flexibility index (Phi) is 4.58. The van der Waals surface area contributed by atoms with Crippen molar-refractivity contribution in [2.24, 2.45) is 5.73 Å². The third-order valence-corrected chi connectivity index (χ3v) is 2.81. The van der Waals surface area contributed by atoms with Crippen molar-refractivity contribution in [1.29, 1.82) is 0 Å². The Balaban J connectivity index is 2.77. The molecule has 0 aliphatic carbocycles. The lowest BCUT2D eigenvalue weighted by molar-refractivity contribution is 0.280. The van der Waals surface area contributed by atoms with Gasteiger partial charge >= 0.3 is 0 Å². The number of aliphatic hydroxyl groups excluding tert-OH is 1. The van der Waals surface area contributed by atoms with Gasteiger partial charge in [0.1, 0.15) is 0 Å². The minimum absolute atomic E-state index is 0.0275. The van der Waals surface area contributed by atoms with Gasteiger partial charge in [-0.3, -0.25) is 0 Å². The topological polar surface area (TPSA) is 46.2 Å². The monoisotopic (exact) mass is 257 g/mol. The normalized spacial score (nSPS) is 12.9. The molecule has 1 aromatic rings. The summed E-state index contributed by atoms with van der Waals surface area (Å²) in [6.07, 6.45) is 1.58. The molecule has 0 radical (unpaired) electrons. The number of hydrogen-bond acceptors (Lipinski definition) is 2. The number of rotatable bonds is 4. The summed E-state index contributed by atoms with van der Waals surface area (Å²) in [7, 11) is 0. The van der Waals surface area contributed by atoms with Gasteiger partial charge in [-0.1, -0.05) is 22.0 Å². The summed E-state index contributed by atoms with van der Waals surface area (Å²) in [6.45, 7) is 2.27. The average molecular weight is 258 g/mol. The first-order chi connectivity index (χ1) is 6.65. The predicted octanol–water partition coefficient (Wildman–Crippen LogP) is 2.53. The highest BCUT2D eigenvalue weighted by Crippen LogP contribution is 2.23. The summed E-state index contributed by atoms with van der Waals surface area (Å²) >= 11 is 3.43. The molecule has 0 heterocycles. The van der Waals surface area contributed by atoms with Crippen LogP contribution in [0.15, 0.2) is 22.7 Å². The lowest BCUT2D eigenvalue weighted by Gasteiger charge is -2.14. The van der Waals surface area contributed by atoms with E-state index < -0.39 is 0 Å². The molecule has 3 heteroatoms. The van der Waals surface area contributed by atoms with Crippen molar-refractivity contribution >= 4 is 15.9 Å². The number of nitrogens with two attached hydrogens (primary N) is 1. The van der Waals surface area contributed by atoms with Crippen molar-refractivity contribution in [1.82, 2.24) is 0 Å². The first-order valence-corrected chi connectivity index (χ1v) is 5.57. The molecule has 1 aromatic carbocycles. The van der Waals surface area contributed by atoms with Crippen molar-refractivity contribution in [2.45, 2.75) is 25.8 Å². The van der Waals surface area contributed by atoms with Gasteiger partial charge in [-0.2, -0.15) is 0 Å². The molecule has 1 atom stereocenters. The highest BCUT2D eigenvalue weighted by molar-refractivity contribution is 9.10. The van der Waals surface area contributed by atoms with Crippen LogP contribution >= 0.6 is 15.9 Å². The van der Waals surface area contributed by atoms with Gasteiger partial charge < -0.3 is 10.8 Å². The Hall–Kier alpha value is -0.380. The van der Waals surface area contributed by atoms with E-state index in [9.17, 15) is 0 Å². The van der Waals surface area contributed by atoms with Gasteiger partial charge in [0, 0.05) is 17.1 Å². The SMILES string of the molecule is Cc1ccc(Br)cc1C(N)CCCO. The first kappa shape index (κ1) is 11.7. The van der Waals surface area contributed by atoms with E-state index >= 15 is 0 Å². The number of benzene rings is 1. The number of halogens is 1. The second-order valence-electron chi connectivity index (χ2n) is 3.47. The molecule has 1 unspecified atom stereocenters. The molecule has 0 amide bonds. The van der Waals surface area contributed by atoms with Crippen LogP contribution in [0.3, 0.4) is 0 Å². The molecule has 0 fully saturated rings.